The molecule has 1 aromatic heterocycles. The quantitative estimate of drug-likeness (QED) is 0.190. The Morgan fingerprint density at radius 2 is 1.68 bits per heavy atom. The first-order chi connectivity index (χ1) is 20.8. The maximum absolute atomic E-state index is 14.5. The summed E-state index contributed by atoms with van der Waals surface area (Å²) in [5.74, 6) is -4.06. The van der Waals surface area contributed by atoms with Gasteiger partial charge in [0.1, 0.15) is 13.1 Å². The van der Waals surface area contributed by atoms with Crippen LogP contribution in [0.3, 0.4) is 0 Å². The molecule has 2 amide bonds. The molecule has 3 N–H and O–H groups in total. The predicted molar refractivity (Wildman–Crippen MR) is 147 cm³/mol. The molecule has 0 radical (unpaired) electrons. The molecule has 0 unspecified atom stereocenters. The number of alkyl halides is 3. The van der Waals surface area contributed by atoms with Crippen molar-refractivity contribution in [1.82, 2.24) is 19.8 Å². The van der Waals surface area contributed by atoms with Gasteiger partial charge in [0.25, 0.3) is 17.1 Å². The van der Waals surface area contributed by atoms with Gasteiger partial charge < -0.3 is 34.3 Å². The molecule has 0 aliphatic carbocycles. The van der Waals surface area contributed by atoms with Gasteiger partial charge in [-0.15, -0.1) is 0 Å². The zero-order valence-corrected chi connectivity index (χ0v) is 24.3. The number of carboxylic acid groups (broad SMARTS) is 1. The van der Waals surface area contributed by atoms with E-state index in [1.807, 2.05) is 4.98 Å². The van der Waals surface area contributed by atoms with Crippen LogP contribution in [-0.2, 0) is 45.5 Å². The maximum atomic E-state index is 14.5. The van der Waals surface area contributed by atoms with Gasteiger partial charge in [0.15, 0.2) is 0 Å². The smallest absolute Gasteiger partial charge is 0.430 e. The number of hydrogen-bond acceptors (Lipinski definition) is 9. The van der Waals surface area contributed by atoms with Crippen molar-refractivity contribution >= 4 is 17.8 Å². The summed E-state index contributed by atoms with van der Waals surface area (Å²) in [7, 11) is 2.19. The minimum Gasteiger partial charge on any atom is -0.480 e. The molecule has 2 atom stereocenters. The van der Waals surface area contributed by atoms with Gasteiger partial charge in [-0.3, -0.25) is 28.7 Å². The van der Waals surface area contributed by atoms with Crippen molar-refractivity contribution in [3.8, 4) is 0 Å². The van der Waals surface area contributed by atoms with Crippen LogP contribution in [0.25, 0.3) is 0 Å². The third kappa shape index (κ3) is 9.73. The molecule has 44 heavy (non-hydrogen) atoms. The van der Waals surface area contributed by atoms with Gasteiger partial charge in [-0.25, -0.2) is 4.79 Å². The Bertz CT molecular complexity index is 1370. The van der Waals surface area contributed by atoms with Crippen molar-refractivity contribution in [3.05, 3.63) is 68.5 Å². The number of H-pyrrole nitrogens is 1. The fourth-order valence-corrected chi connectivity index (χ4v) is 4.10. The number of aliphatic carboxylic acids is 1. The molecule has 0 fully saturated rings. The molecule has 14 nitrogen and oxygen atoms in total. The van der Waals surface area contributed by atoms with Crippen molar-refractivity contribution in [2.45, 2.75) is 31.3 Å². The van der Waals surface area contributed by atoms with Crippen LogP contribution in [0.1, 0.15) is 11.1 Å². The fourth-order valence-electron chi connectivity index (χ4n) is 4.10. The molecule has 0 saturated heterocycles. The van der Waals surface area contributed by atoms with Crippen LogP contribution < -0.4 is 16.6 Å². The Balaban J connectivity index is 2.38. The van der Waals surface area contributed by atoms with Gasteiger partial charge in [-0.1, -0.05) is 30.3 Å². The number of rotatable bonds is 18. The summed E-state index contributed by atoms with van der Waals surface area (Å²) in [4.78, 5) is 64.8. The molecule has 0 aliphatic rings. The van der Waals surface area contributed by atoms with E-state index in [1.54, 1.807) is 0 Å². The number of carbonyl (C=O) groups excluding carboxylic acids is 2. The highest BCUT2D eigenvalue weighted by molar-refractivity contribution is 5.88. The molecule has 1 aromatic carbocycles. The number of aromatic amines is 1. The van der Waals surface area contributed by atoms with Gasteiger partial charge >= 0.3 is 17.8 Å². The van der Waals surface area contributed by atoms with Crippen LogP contribution >= 0.6 is 0 Å². The third-order valence-electron chi connectivity index (χ3n) is 6.28. The number of halogens is 3. The highest BCUT2D eigenvalue weighted by atomic mass is 19.4. The summed E-state index contributed by atoms with van der Waals surface area (Å²) in [6.45, 7) is -0.831. The number of carbonyl (C=O) groups is 3. The summed E-state index contributed by atoms with van der Waals surface area (Å²) in [5.41, 5.74) is -5.51. The lowest BCUT2D eigenvalue weighted by molar-refractivity contribution is -0.266. The summed E-state index contributed by atoms with van der Waals surface area (Å²) in [6.07, 6.45) is -4.15. The molecule has 244 valence electrons. The lowest BCUT2D eigenvalue weighted by atomic mass is 9.91. The number of nitrogens with one attached hydrogen (secondary N) is 2. The SMILES string of the molecule is COCCOCCOC[C@H](CN(CC(=O)O)C(=O)Cn1cc(C)c(=O)[nH]c1=O)NC(=O)[C@](OC)(c1ccccc1)C(F)(F)F. The Kier molecular flexibility index (Phi) is 13.7. The maximum Gasteiger partial charge on any atom is 0.430 e. The van der Waals surface area contributed by atoms with E-state index in [0.717, 1.165) is 27.8 Å². The average molecular weight is 633 g/mol. The van der Waals surface area contributed by atoms with E-state index in [-0.39, 0.29) is 25.4 Å². The van der Waals surface area contributed by atoms with E-state index >= 15 is 0 Å². The normalized spacial score (nSPS) is 13.6. The van der Waals surface area contributed by atoms with Gasteiger partial charge in [-0.05, 0) is 6.92 Å². The van der Waals surface area contributed by atoms with E-state index in [1.165, 1.54) is 32.2 Å². The standard InChI is InChI=1S/C27H35F3N4O10/c1-18-13-34(25(40)32-23(18)38)15-21(35)33(16-22(36)37)14-20(17-44-12-11-43-10-9-41-2)31-24(39)26(42-3,27(28,29)30)19-7-5-4-6-8-19/h4-8,13,20H,9-12,14-17H2,1-3H3,(H,31,39)(H,36,37)(H,32,38,40)/t20-,26+/m0/s1. The number of ether oxygens (including phenoxy) is 4. The number of hydrogen-bond donors (Lipinski definition) is 3. The number of carboxylic acids is 1. The van der Waals surface area contributed by atoms with E-state index in [0.29, 0.717) is 13.7 Å². The zero-order valence-electron chi connectivity index (χ0n) is 24.3. The van der Waals surface area contributed by atoms with Crippen molar-refractivity contribution in [3.63, 3.8) is 0 Å². The molecule has 2 rings (SSSR count). The second-order valence-corrected chi connectivity index (χ2v) is 9.47. The minimum absolute atomic E-state index is 0.0604. The largest absolute Gasteiger partial charge is 0.480 e. The number of aromatic nitrogens is 2. The molecule has 1 heterocycles. The first-order valence-electron chi connectivity index (χ1n) is 13.2. The Labute approximate surface area is 249 Å². The molecular weight excluding hydrogens is 597 g/mol. The summed E-state index contributed by atoms with van der Waals surface area (Å²) < 4.78 is 64.7. The van der Waals surface area contributed by atoms with Gasteiger partial charge in [-0.2, -0.15) is 13.2 Å². The highest BCUT2D eigenvalue weighted by Gasteiger charge is 2.62. The van der Waals surface area contributed by atoms with Crippen LogP contribution in [0.4, 0.5) is 13.2 Å². The van der Waals surface area contributed by atoms with Crippen LogP contribution in [-0.4, -0.2) is 110 Å². The van der Waals surface area contributed by atoms with Gasteiger partial charge in [0.2, 0.25) is 5.91 Å². The monoisotopic (exact) mass is 632 g/mol. The summed E-state index contributed by atoms with van der Waals surface area (Å²) in [6, 6.07) is 4.76. The highest BCUT2D eigenvalue weighted by Crippen LogP contribution is 2.42. The van der Waals surface area contributed by atoms with E-state index in [2.05, 4.69) is 5.32 Å². The molecular formula is C27H35F3N4O10. The van der Waals surface area contributed by atoms with Gasteiger partial charge in [0.05, 0.1) is 39.1 Å². The van der Waals surface area contributed by atoms with Crippen molar-refractivity contribution in [2.75, 3.05) is 60.3 Å². The first-order valence-corrected chi connectivity index (χ1v) is 13.2. The van der Waals surface area contributed by atoms with E-state index in [9.17, 15) is 42.3 Å². The first kappa shape index (κ1) is 36.1. The predicted octanol–water partition coefficient (Wildman–Crippen LogP) is 0.0268. The second-order valence-electron chi connectivity index (χ2n) is 9.47. The molecule has 0 spiro atoms. The zero-order chi connectivity index (χ0) is 32.9. The molecule has 2 aromatic rings. The second kappa shape index (κ2) is 16.7. The van der Waals surface area contributed by atoms with Crippen LogP contribution in [0.5, 0.6) is 0 Å². The van der Waals surface area contributed by atoms with Crippen molar-refractivity contribution in [1.29, 1.82) is 0 Å². The number of methoxy groups -OCH3 is 2. The average Bonchev–Trinajstić information content (AvgIpc) is 2.95. The number of benzene rings is 1. The molecule has 0 saturated carbocycles. The summed E-state index contributed by atoms with van der Waals surface area (Å²) >= 11 is 0. The lowest BCUT2D eigenvalue weighted by Crippen LogP contribution is -2.60. The molecule has 0 aliphatic heterocycles. The fraction of sp³-hybridized carbons (Fsp3) is 0.519. The van der Waals surface area contributed by atoms with Crippen molar-refractivity contribution in [2.24, 2.45) is 0 Å². The number of aryl methyl sites for hydroxylation is 1. The Morgan fingerprint density at radius 1 is 1.05 bits per heavy atom. The molecule has 17 heteroatoms. The van der Waals surface area contributed by atoms with E-state index < -0.39 is 78.7 Å². The number of amides is 2. The van der Waals surface area contributed by atoms with Crippen LogP contribution in [0, 0.1) is 6.92 Å². The van der Waals surface area contributed by atoms with Crippen molar-refractivity contribution < 1.29 is 51.6 Å². The molecule has 0 bridgehead atoms. The van der Waals surface area contributed by atoms with Crippen LogP contribution in [0.15, 0.2) is 46.1 Å². The van der Waals surface area contributed by atoms with Crippen LogP contribution in [0.2, 0.25) is 0 Å². The lowest BCUT2D eigenvalue weighted by Gasteiger charge is -2.35. The van der Waals surface area contributed by atoms with E-state index in [4.69, 9.17) is 18.9 Å². The number of nitrogens with zero attached hydrogens (tertiary/aromatic N) is 2. The minimum atomic E-state index is -5.24. The topological polar surface area (TPSA) is 178 Å². The Morgan fingerprint density at radius 3 is 2.27 bits per heavy atom. The third-order valence-corrected chi connectivity index (χ3v) is 6.28. The Hall–Kier alpha value is -4.06. The summed E-state index contributed by atoms with van der Waals surface area (Å²) in [5, 5.41) is 11.6. The van der Waals surface area contributed by atoms with Gasteiger partial charge in [0, 0.05) is 38.1 Å².